The Labute approximate surface area is 283 Å². The summed E-state index contributed by atoms with van der Waals surface area (Å²) in [5, 5.41) is 2.72. The molecule has 1 aromatic carbocycles. The zero-order valence-electron chi connectivity index (χ0n) is 29.3. The van der Waals surface area contributed by atoms with Crippen LogP contribution in [0.4, 0.5) is 19.3 Å². The lowest BCUT2D eigenvalue weighted by atomic mass is 10.0. The predicted octanol–water partition coefficient (Wildman–Crippen LogP) is 5.97. The molecule has 4 aromatic rings. The van der Waals surface area contributed by atoms with Gasteiger partial charge in [-0.15, -0.1) is 0 Å². The van der Waals surface area contributed by atoms with Gasteiger partial charge in [-0.1, -0.05) is 19.9 Å². The van der Waals surface area contributed by atoms with Crippen LogP contribution in [0.3, 0.4) is 0 Å². The minimum absolute atomic E-state index is 0.00543. The minimum Gasteiger partial charge on any atom is -0.496 e. The van der Waals surface area contributed by atoms with E-state index < -0.39 is 40.8 Å². The van der Waals surface area contributed by atoms with E-state index in [2.05, 4.69) is 15.3 Å². The van der Waals surface area contributed by atoms with Gasteiger partial charge in [0, 0.05) is 44.3 Å². The van der Waals surface area contributed by atoms with Crippen molar-refractivity contribution >= 4 is 28.7 Å². The lowest BCUT2D eigenvalue weighted by Gasteiger charge is -2.42. The van der Waals surface area contributed by atoms with Crippen molar-refractivity contribution in [3.05, 3.63) is 75.3 Å². The molecule has 0 saturated carbocycles. The molecule has 0 unspecified atom stereocenters. The Balaban J connectivity index is 1.88. The predicted molar refractivity (Wildman–Crippen MR) is 184 cm³/mol. The highest BCUT2D eigenvalue weighted by molar-refractivity contribution is 6.07. The average molecular weight is 677 g/mol. The number of benzene rings is 1. The zero-order chi connectivity index (χ0) is 35.9. The third kappa shape index (κ3) is 6.53. The van der Waals surface area contributed by atoms with E-state index in [0.717, 1.165) is 0 Å². The number of amides is 2. The maximum atomic E-state index is 16.4. The van der Waals surface area contributed by atoms with Gasteiger partial charge in [-0.05, 0) is 70.4 Å². The number of aryl methyl sites for hydroxylation is 1. The molecule has 49 heavy (non-hydrogen) atoms. The lowest BCUT2D eigenvalue weighted by molar-refractivity contribution is 0.0218. The third-order valence-electron chi connectivity index (χ3n) is 8.45. The van der Waals surface area contributed by atoms with E-state index in [4.69, 9.17) is 9.47 Å². The molecule has 1 fully saturated rings. The fourth-order valence-electron chi connectivity index (χ4n) is 6.25. The summed E-state index contributed by atoms with van der Waals surface area (Å²) in [4.78, 5) is 54.2. The second-order valence-corrected chi connectivity index (χ2v) is 13.4. The van der Waals surface area contributed by atoms with Gasteiger partial charge in [0.05, 0.1) is 29.7 Å². The Kier molecular flexibility index (Phi) is 9.67. The van der Waals surface area contributed by atoms with Crippen LogP contribution in [0.1, 0.15) is 69.1 Å². The highest BCUT2D eigenvalue weighted by Gasteiger charge is 2.36. The Morgan fingerprint density at radius 3 is 2.41 bits per heavy atom. The maximum absolute atomic E-state index is 16.4. The number of carbonyl (C=O) groups excluding carboxylic acids is 2. The number of nitrogens with one attached hydrogen (secondary N) is 1. The van der Waals surface area contributed by atoms with Gasteiger partial charge in [-0.25, -0.2) is 18.6 Å². The number of piperazine rings is 1. The van der Waals surface area contributed by atoms with Crippen LogP contribution in [0, 0.1) is 18.6 Å². The van der Waals surface area contributed by atoms with Crippen LogP contribution in [0.2, 0.25) is 0 Å². The highest BCUT2D eigenvalue weighted by Crippen LogP contribution is 2.39. The number of methoxy groups -OCH3 is 1. The van der Waals surface area contributed by atoms with E-state index in [0.29, 0.717) is 16.9 Å². The van der Waals surface area contributed by atoms with Gasteiger partial charge >= 0.3 is 6.09 Å². The average Bonchev–Trinajstić information content (AvgIpc) is 3.03. The standard InChI is InChI=1S/C36H42F2N6O5/c1-19(2)28-30(20(3)13-14-40-28)44-32-22(17-24(38)29(41-32)26-23(37)11-10-12-25(26)48-9)31(27(34(44)46)33(45)39-8)43-16-15-42(18-21(43)4)35(47)49-36(5,6)7/h10-14,17,19,21H,15-16,18H2,1-9H3,(H,39,45)/t21-/m0/s1. The van der Waals surface area contributed by atoms with Crippen LogP contribution in [0.25, 0.3) is 28.0 Å². The third-order valence-corrected chi connectivity index (χ3v) is 8.45. The molecule has 11 nitrogen and oxygen atoms in total. The van der Waals surface area contributed by atoms with Crippen molar-refractivity contribution in [2.75, 3.05) is 38.7 Å². The topological polar surface area (TPSA) is 119 Å². The SMILES string of the molecule is CNC(=O)c1c(N2CCN(C(=O)OC(C)(C)C)C[C@@H]2C)c2cc(F)c(-c3c(F)cccc3OC)nc2n(-c2c(C)ccnc2C(C)C)c1=O. The van der Waals surface area contributed by atoms with E-state index in [1.165, 1.54) is 43.0 Å². The molecule has 4 heterocycles. The summed E-state index contributed by atoms with van der Waals surface area (Å²) in [7, 11) is 2.75. The summed E-state index contributed by atoms with van der Waals surface area (Å²) < 4.78 is 44.1. The van der Waals surface area contributed by atoms with E-state index >= 15 is 8.78 Å². The van der Waals surface area contributed by atoms with Gasteiger partial charge in [0.2, 0.25) is 0 Å². The Morgan fingerprint density at radius 2 is 1.80 bits per heavy atom. The molecule has 1 N–H and O–H groups in total. The first-order valence-corrected chi connectivity index (χ1v) is 16.1. The van der Waals surface area contributed by atoms with Crippen LogP contribution in [0.15, 0.2) is 41.3 Å². The van der Waals surface area contributed by atoms with Crippen LogP contribution in [-0.2, 0) is 4.74 Å². The van der Waals surface area contributed by atoms with Crippen molar-refractivity contribution < 1.29 is 27.8 Å². The molecular formula is C36H42F2N6O5. The molecule has 0 aliphatic carbocycles. The van der Waals surface area contributed by atoms with E-state index in [1.807, 2.05) is 25.7 Å². The highest BCUT2D eigenvalue weighted by atomic mass is 19.1. The number of pyridine rings is 3. The monoisotopic (exact) mass is 676 g/mol. The van der Waals surface area contributed by atoms with Crippen molar-refractivity contribution in [2.24, 2.45) is 0 Å². The number of aromatic nitrogens is 3. The first kappa shape index (κ1) is 35.2. The van der Waals surface area contributed by atoms with Crippen molar-refractivity contribution in [3.8, 4) is 22.7 Å². The second-order valence-electron chi connectivity index (χ2n) is 13.4. The number of carbonyl (C=O) groups is 2. The largest absolute Gasteiger partial charge is 0.496 e. The number of ether oxygens (including phenoxy) is 2. The zero-order valence-corrected chi connectivity index (χ0v) is 29.3. The number of rotatable bonds is 6. The molecule has 0 radical (unpaired) electrons. The first-order valence-electron chi connectivity index (χ1n) is 16.1. The second kappa shape index (κ2) is 13.4. The Hall–Kier alpha value is -5.07. The number of fused-ring (bicyclic) bond motifs is 1. The summed E-state index contributed by atoms with van der Waals surface area (Å²) >= 11 is 0. The number of halogens is 2. The summed E-state index contributed by atoms with van der Waals surface area (Å²) in [5.74, 6) is -2.46. The van der Waals surface area contributed by atoms with Crippen LogP contribution >= 0.6 is 0 Å². The molecular weight excluding hydrogens is 634 g/mol. The lowest BCUT2D eigenvalue weighted by Crippen LogP contribution is -2.55. The number of nitrogens with zero attached hydrogens (tertiary/aromatic N) is 5. The molecule has 3 aromatic heterocycles. The minimum atomic E-state index is -0.891. The number of hydrogen-bond donors (Lipinski definition) is 1. The summed E-state index contributed by atoms with van der Waals surface area (Å²) in [6, 6.07) is 6.57. The summed E-state index contributed by atoms with van der Waals surface area (Å²) in [5.41, 5.74) is -0.495. The fraction of sp³-hybridized carbons (Fsp3) is 0.417. The molecule has 5 rings (SSSR count). The van der Waals surface area contributed by atoms with Crippen molar-refractivity contribution in [2.45, 2.75) is 66.0 Å². The van der Waals surface area contributed by atoms with Gasteiger partial charge in [0.15, 0.2) is 11.5 Å². The van der Waals surface area contributed by atoms with Crippen molar-refractivity contribution in [1.82, 2.24) is 24.8 Å². The van der Waals surface area contributed by atoms with E-state index in [-0.39, 0.29) is 64.8 Å². The molecule has 2 amide bonds. The van der Waals surface area contributed by atoms with Crippen molar-refractivity contribution in [1.29, 1.82) is 0 Å². The van der Waals surface area contributed by atoms with Crippen LogP contribution in [0.5, 0.6) is 5.75 Å². The van der Waals surface area contributed by atoms with Crippen LogP contribution < -0.4 is 20.5 Å². The van der Waals surface area contributed by atoms with Gasteiger partial charge < -0.3 is 24.6 Å². The smallest absolute Gasteiger partial charge is 0.410 e. The van der Waals surface area contributed by atoms with E-state index in [9.17, 15) is 14.4 Å². The van der Waals surface area contributed by atoms with E-state index in [1.54, 1.807) is 44.9 Å². The maximum Gasteiger partial charge on any atom is 0.410 e. The molecule has 13 heteroatoms. The van der Waals surface area contributed by atoms with Gasteiger partial charge in [0.25, 0.3) is 11.5 Å². The Bertz CT molecular complexity index is 2010. The summed E-state index contributed by atoms with van der Waals surface area (Å²) in [6.07, 6.45) is 1.14. The molecule has 1 saturated heterocycles. The molecule has 1 atom stereocenters. The van der Waals surface area contributed by atoms with Gasteiger partial charge in [-0.2, -0.15) is 0 Å². The molecule has 0 bridgehead atoms. The normalized spacial score (nSPS) is 15.1. The van der Waals surface area contributed by atoms with Crippen molar-refractivity contribution in [3.63, 3.8) is 0 Å². The first-order chi connectivity index (χ1) is 23.1. The van der Waals surface area contributed by atoms with Crippen LogP contribution in [-0.4, -0.2) is 76.9 Å². The quantitative estimate of drug-likeness (QED) is 0.266. The molecule has 0 spiro atoms. The number of anilines is 1. The summed E-state index contributed by atoms with van der Waals surface area (Å²) in [6.45, 7) is 13.4. The Morgan fingerprint density at radius 1 is 1.08 bits per heavy atom. The van der Waals surface area contributed by atoms with Gasteiger partial charge in [-0.3, -0.25) is 19.1 Å². The number of hydrogen-bond acceptors (Lipinski definition) is 8. The molecule has 1 aliphatic heterocycles. The molecule has 1 aliphatic rings. The molecule has 260 valence electrons. The fourth-order valence-corrected chi connectivity index (χ4v) is 6.25. The van der Waals surface area contributed by atoms with Gasteiger partial charge in [0.1, 0.15) is 28.4 Å².